The van der Waals surface area contributed by atoms with Crippen LogP contribution in [0.25, 0.3) is 10.2 Å². The van der Waals surface area contributed by atoms with Crippen LogP contribution in [-0.2, 0) is 4.79 Å². The topological polar surface area (TPSA) is 83.5 Å². The summed E-state index contributed by atoms with van der Waals surface area (Å²) in [6.07, 6.45) is 1.53. The van der Waals surface area contributed by atoms with Crippen LogP contribution in [0, 0.1) is 0 Å². The molecule has 11 heteroatoms. The number of benzene rings is 1. The molecule has 3 aromatic heterocycles. The van der Waals surface area contributed by atoms with Gasteiger partial charge in [0.2, 0.25) is 11.8 Å². The molecule has 4 heterocycles. The molecule has 1 aliphatic rings. The van der Waals surface area contributed by atoms with Gasteiger partial charge in [0.05, 0.1) is 9.04 Å². The van der Waals surface area contributed by atoms with Crippen LogP contribution in [0.3, 0.4) is 0 Å². The largest absolute Gasteiger partial charge is 0.437 e. The smallest absolute Gasteiger partial charge is 0.224 e. The number of piperazine rings is 1. The molecule has 176 valence electrons. The maximum atomic E-state index is 11.4. The van der Waals surface area contributed by atoms with E-state index in [2.05, 4.69) is 43.1 Å². The van der Waals surface area contributed by atoms with E-state index in [4.69, 9.17) is 16.3 Å². The monoisotopic (exact) mass is 514 g/mol. The zero-order valence-corrected chi connectivity index (χ0v) is 21.1. The lowest BCUT2D eigenvalue weighted by atomic mass is 10.2. The number of hydrogen-bond acceptors (Lipinski definition) is 9. The van der Waals surface area contributed by atoms with Gasteiger partial charge in [0.25, 0.3) is 0 Å². The number of aromatic nitrogens is 3. The molecule has 1 fully saturated rings. The van der Waals surface area contributed by atoms with Crippen LogP contribution >= 0.6 is 34.3 Å². The molecule has 1 saturated heterocycles. The van der Waals surface area contributed by atoms with E-state index in [0.717, 1.165) is 41.0 Å². The number of thiazole rings is 1. The van der Waals surface area contributed by atoms with Gasteiger partial charge in [-0.2, -0.15) is 0 Å². The molecule has 8 nitrogen and oxygen atoms in total. The number of carbonyl (C=O) groups excluding carboxylic acids is 1. The van der Waals surface area contributed by atoms with Crippen molar-refractivity contribution in [3.63, 3.8) is 0 Å². The molecule has 0 radical (unpaired) electrons. The fraction of sp³-hybridized carbons (Fsp3) is 0.304. The lowest BCUT2D eigenvalue weighted by Gasteiger charge is -2.38. The number of amides is 1. The third-order valence-corrected chi connectivity index (χ3v) is 8.04. The maximum Gasteiger partial charge on any atom is 0.224 e. The SMILES string of the molecule is CC(=O)Nc1nc2c(Oc3cc(N4CCN([C@@H](C)c5ccc(Cl)s5)CC4)ncn3)cccc2s1. The number of hydrogen-bond donors (Lipinski definition) is 1. The van der Waals surface area contributed by atoms with E-state index in [0.29, 0.717) is 28.3 Å². The van der Waals surface area contributed by atoms with Crippen molar-refractivity contribution >= 4 is 61.3 Å². The normalized spacial score (nSPS) is 15.4. The molecular formula is C23H23ClN6O2S2. The molecule has 0 bridgehead atoms. The second kappa shape index (κ2) is 9.83. The second-order valence-electron chi connectivity index (χ2n) is 7.96. The first-order valence-corrected chi connectivity index (χ1v) is 12.9. The van der Waals surface area contributed by atoms with Gasteiger partial charge >= 0.3 is 0 Å². The predicted molar refractivity (Wildman–Crippen MR) is 138 cm³/mol. The molecule has 0 saturated carbocycles. The molecule has 5 rings (SSSR count). The molecule has 0 unspecified atom stereocenters. The van der Waals surface area contributed by atoms with Crippen molar-refractivity contribution in [2.24, 2.45) is 0 Å². The number of fused-ring (bicyclic) bond motifs is 1. The van der Waals surface area contributed by atoms with Crippen molar-refractivity contribution in [1.82, 2.24) is 19.9 Å². The maximum absolute atomic E-state index is 11.4. The highest BCUT2D eigenvalue weighted by atomic mass is 35.5. The van der Waals surface area contributed by atoms with Gasteiger partial charge in [0.15, 0.2) is 10.9 Å². The third kappa shape index (κ3) is 5.00. The molecule has 1 aliphatic heterocycles. The van der Waals surface area contributed by atoms with Gasteiger partial charge in [-0.1, -0.05) is 29.0 Å². The molecule has 1 aromatic carbocycles. The summed E-state index contributed by atoms with van der Waals surface area (Å²) in [5, 5.41) is 3.27. The van der Waals surface area contributed by atoms with Crippen molar-refractivity contribution < 1.29 is 9.53 Å². The van der Waals surface area contributed by atoms with E-state index >= 15 is 0 Å². The molecule has 34 heavy (non-hydrogen) atoms. The van der Waals surface area contributed by atoms with Gasteiger partial charge in [0.1, 0.15) is 17.7 Å². The summed E-state index contributed by atoms with van der Waals surface area (Å²) < 4.78 is 7.84. The fourth-order valence-corrected chi connectivity index (χ4v) is 6.03. The first-order valence-electron chi connectivity index (χ1n) is 10.9. The highest BCUT2D eigenvalue weighted by Crippen LogP contribution is 2.35. The van der Waals surface area contributed by atoms with E-state index in [-0.39, 0.29) is 5.91 Å². The van der Waals surface area contributed by atoms with Crippen LogP contribution < -0.4 is 15.0 Å². The number of halogens is 1. The summed E-state index contributed by atoms with van der Waals surface area (Å²) in [6, 6.07) is 12.0. The van der Waals surface area contributed by atoms with Gasteiger partial charge in [-0.3, -0.25) is 9.69 Å². The molecule has 1 amide bonds. The van der Waals surface area contributed by atoms with E-state index < -0.39 is 0 Å². The Balaban J connectivity index is 1.27. The molecule has 1 atom stereocenters. The lowest BCUT2D eigenvalue weighted by Crippen LogP contribution is -2.47. The summed E-state index contributed by atoms with van der Waals surface area (Å²) in [4.78, 5) is 30.7. The quantitative estimate of drug-likeness (QED) is 0.367. The van der Waals surface area contributed by atoms with E-state index in [1.54, 1.807) is 11.3 Å². The summed E-state index contributed by atoms with van der Waals surface area (Å²) in [7, 11) is 0. The molecule has 4 aromatic rings. The van der Waals surface area contributed by atoms with Gasteiger partial charge in [-0.25, -0.2) is 15.0 Å². The van der Waals surface area contributed by atoms with Crippen molar-refractivity contribution in [1.29, 1.82) is 0 Å². The number of ether oxygens (including phenoxy) is 1. The minimum Gasteiger partial charge on any atom is -0.437 e. The second-order valence-corrected chi connectivity index (χ2v) is 10.7. The Bertz CT molecular complexity index is 1320. The van der Waals surface area contributed by atoms with E-state index in [1.165, 1.54) is 29.5 Å². The summed E-state index contributed by atoms with van der Waals surface area (Å²) in [5.41, 5.74) is 0.688. The Labute approximate surface area is 210 Å². The van der Waals surface area contributed by atoms with Crippen molar-refractivity contribution in [2.75, 3.05) is 36.4 Å². The number of para-hydroxylation sites is 1. The summed E-state index contributed by atoms with van der Waals surface area (Å²) >= 11 is 9.16. The van der Waals surface area contributed by atoms with E-state index in [9.17, 15) is 4.79 Å². The van der Waals surface area contributed by atoms with Crippen molar-refractivity contribution in [3.05, 3.63) is 51.9 Å². The standard InChI is InChI=1S/C23H23ClN6O2S2/c1-14(17-6-7-19(24)33-17)29-8-10-30(11-9-29)20-12-21(26-13-25-20)32-16-4-3-5-18-22(16)28-23(34-18)27-15(2)31/h3-7,12-14H,8-11H2,1-2H3,(H,27,28,31)/t14-/m0/s1. The highest BCUT2D eigenvalue weighted by Gasteiger charge is 2.24. The van der Waals surface area contributed by atoms with Crippen LogP contribution in [0.2, 0.25) is 4.34 Å². The number of nitrogens with zero attached hydrogens (tertiary/aromatic N) is 5. The number of carbonyl (C=O) groups is 1. The van der Waals surface area contributed by atoms with Crippen LogP contribution in [0.4, 0.5) is 10.9 Å². The van der Waals surface area contributed by atoms with Crippen LogP contribution in [-0.4, -0.2) is 51.9 Å². The Kier molecular flexibility index (Phi) is 6.64. The van der Waals surface area contributed by atoms with E-state index in [1.807, 2.05) is 30.3 Å². The number of anilines is 2. The predicted octanol–water partition coefficient (Wildman–Crippen LogP) is 5.44. The zero-order chi connectivity index (χ0) is 23.7. The van der Waals surface area contributed by atoms with Gasteiger partial charge < -0.3 is 15.0 Å². The molecule has 0 spiro atoms. The lowest BCUT2D eigenvalue weighted by molar-refractivity contribution is -0.114. The fourth-order valence-electron chi connectivity index (χ4n) is 3.95. The molecule has 0 aliphatic carbocycles. The van der Waals surface area contributed by atoms with Crippen LogP contribution in [0.5, 0.6) is 11.6 Å². The number of rotatable bonds is 6. The van der Waals surface area contributed by atoms with Gasteiger partial charge in [0, 0.05) is 50.1 Å². The summed E-state index contributed by atoms with van der Waals surface area (Å²) in [5.74, 6) is 1.72. The Morgan fingerprint density at radius 3 is 2.71 bits per heavy atom. The van der Waals surface area contributed by atoms with Gasteiger partial charge in [-0.15, -0.1) is 11.3 Å². The number of thiophene rings is 1. The minimum absolute atomic E-state index is 0.157. The first kappa shape index (κ1) is 23.0. The molecule has 1 N–H and O–H groups in total. The first-order chi connectivity index (χ1) is 16.5. The van der Waals surface area contributed by atoms with Crippen molar-refractivity contribution in [3.8, 4) is 11.6 Å². The zero-order valence-electron chi connectivity index (χ0n) is 18.7. The van der Waals surface area contributed by atoms with Gasteiger partial charge in [-0.05, 0) is 31.2 Å². The Morgan fingerprint density at radius 2 is 1.97 bits per heavy atom. The molecular weight excluding hydrogens is 492 g/mol. The Hall–Kier alpha value is -2.79. The average molecular weight is 515 g/mol. The highest BCUT2D eigenvalue weighted by molar-refractivity contribution is 7.22. The number of nitrogens with one attached hydrogen (secondary N) is 1. The van der Waals surface area contributed by atoms with Crippen LogP contribution in [0.15, 0.2) is 42.7 Å². The van der Waals surface area contributed by atoms with Crippen molar-refractivity contribution in [2.45, 2.75) is 19.9 Å². The minimum atomic E-state index is -0.157. The average Bonchev–Trinajstić information content (AvgIpc) is 3.45. The summed E-state index contributed by atoms with van der Waals surface area (Å²) in [6.45, 7) is 7.28. The van der Waals surface area contributed by atoms with Crippen LogP contribution in [0.1, 0.15) is 24.8 Å². The third-order valence-electron chi connectivity index (χ3n) is 5.70. The Morgan fingerprint density at radius 1 is 1.15 bits per heavy atom.